The maximum atomic E-state index is 13.5. The van der Waals surface area contributed by atoms with Gasteiger partial charge in [-0.25, -0.2) is 4.79 Å². The first-order chi connectivity index (χ1) is 18.8. The SMILES string of the molecule is COc1ccc(-c2coc3c4c(cc(O)c3c2=O)OC(=O)CC4c2ccc(-c3cccc(C(=O)O)c3)o2)cc1. The monoisotopic (exact) mass is 524 g/mol. The molecule has 9 heteroatoms. The molecule has 39 heavy (non-hydrogen) atoms. The van der Waals surface area contributed by atoms with Crippen LogP contribution >= 0.6 is 0 Å². The first-order valence-electron chi connectivity index (χ1n) is 11.9. The molecule has 194 valence electrons. The van der Waals surface area contributed by atoms with Gasteiger partial charge in [-0.2, -0.15) is 0 Å². The van der Waals surface area contributed by atoms with Crippen LogP contribution in [0.15, 0.2) is 86.6 Å². The number of furan rings is 1. The Balaban J connectivity index is 1.48. The number of carbonyl (C=O) groups excluding carboxylic acids is 1. The van der Waals surface area contributed by atoms with Crippen LogP contribution in [-0.2, 0) is 4.79 Å². The number of fused-ring (bicyclic) bond motifs is 3. The fraction of sp³-hybridized carbons (Fsp3) is 0.100. The normalized spacial score (nSPS) is 14.6. The highest BCUT2D eigenvalue weighted by molar-refractivity contribution is 5.94. The summed E-state index contributed by atoms with van der Waals surface area (Å²) in [5, 5.41) is 20.1. The van der Waals surface area contributed by atoms with Crippen molar-refractivity contribution in [3.8, 4) is 39.7 Å². The van der Waals surface area contributed by atoms with E-state index in [0.29, 0.717) is 34.0 Å². The molecule has 0 fully saturated rings. The third-order valence-electron chi connectivity index (χ3n) is 6.74. The summed E-state index contributed by atoms with van der Waals surface area (Å²) in [4.78, 5) is 37.4. The summed E-state index contributed by atoms with van der Waals surface area (Å²) >= 11 is 0. The number of esters is 1. The van der Waals surface area contributed by atoms with Gasteiger partial charge in [0.15, 0.2) is 0 Å². The zero-order chi connectivity index (χ0) is 27.3. The molecule has 2 aromatic heterocycles. The van der Waals surface area contributed by atoms with Gasteiger partial charge < -0.3 is 28.5 Å². The number of rotatable bonds is 5. The van der Waals surface area contributed by atoms with Gasteiger partial charge in [-0.3, -0.25) is 9.59 Å². The number of carboxylic acids is 1. The van der Waals surface area contributed by atoms with E-state index in [2.05, 4.69) is 0 Å². The average Bonchev–Trinajstić information content (AvgIpc) is 3.43. The summed E-state index contributed by atoms with van der Waals surface area (Å²) in [6.07, 6.45) is 1.21. The number of carbonyl (C=O) groups is 2. The van der Waals surface area contributed by atoms with Gasteiger partial charge in [0.2, 0.25) is 5.43 Å². The highest BCUT2D eigenvalue weighted by Gasteiger charge is 2.35. The summed E-state index contributed by atoms with van der Waals surface area (Å²) in [5.41, 5.74) is 1.48. The van der Waals surface area contributed by atoms with Crippen LogP contribution in [0, 0.1) is 0 Å². The third kappa shape index (κ3) is 4.10. The van der Waals surface area contributed by atoms with Crippen LogP contribution in [0.2, 0.25) is 0 Å². The molecule has 1 aliphatic rings. The van der Waals surface area contributed by atoms with Crippen molar-refractivity contribution in [1.29, 1.82) is 0 Å². The molecule has 0 amide bonds. The molecule has 5 aromatic rings. The molecule has 0 saturated carbocycles. The summed E-state index contributed by atoms with van der Waals surface area (Å²) in [5.74, 6) is -1.21. The molecule has 0 saturated heterocycles. The largest absolute Gasteiger partial charge is 0.507 e. The van der Waals surface area contributed by atoms with Gasteiger partial charge in [-0.05, 0) is 42.0 Å². The number of ether oxygens (including phenoxy) is 2. The molecule has 0 aliphatic carbocycles. The van der Waals surface area contributed by atoms with E-state index in [9.17, 15) is 24.6 Å². The van der Waals surface area contributed by atoms with Crippen molar-refractivity contribution < 1.29 is 38.1 Å². The maximum Gasteiger partial charge on any atom is 0.335 e. The van der Waals surface area contributed by atoms with E-state index in [1.165, 1.54) is 24.5 Å². The lowest BCUT2D eigenvalue weighted by molar-refractivity contribution is -0.135. The van der Waals surface area contributed by atoms with E-state index in [-0.39, 0.29) is 40.0 Å². The summed E-state index contributed by atoms with van der Waals surface area (Å²) in [6, 6.07) is 17.7. The van der Waals surface area contributed by atoms with E-state index in [1.54, 1.807) is 55.6 Å². The number of aromatic hydroxyl groups is 1. The van der Waals surface area contributed by atoms with Crippen molar-refractivity contribution >= 4 is 22.9 Å². The van der Waals surface area contributed by atoms with Crippen molar-refractivity contribution in [3.05, 3.63) is 100 Å². The number of aromatic carboxylic acids is 1. The smallest absolute Gasteiger partial charge is 0.335 e. The molecular weight excluding hydrogens is 504 g/mol. The lowest BCUT2D eigenvalue weighted by Crippen LogP contribution is -2.21. The van der Waals surface area contributed by atoms with Gasteiger partial charge in [0, 0.05) is 17.2 Å². The zero-order valence-corrected chi connectivity index (χ0v) is 20.5. The number of hydrogen-bond acceptors (Lipinski definition) is 8. The zero-order valence-electron chi connectivity index (χ0n) is 20.5. The topological polar surface area (TPSA) is 136 Å². The minimum atomic E-state index is -1.07. The third-order valence-corrected chi connectivity index (χ3v) is 6.74. The first-order valence-corrected chi connectivity index (χ1v) is 11.9. The standard InChI is InChI=1S/C30H20O9/c1-36-18-7-5-15(6-8-18)20-14-37-29-26-19(12-25(32)39-24(26)13-21(31)27(29)28(20)33)23-10-9-22(38-23)16-3-2-4-17(11-16)30(34)35/h2-11,13-14,19,31H,12H2,1H3,(H,34,35). The summed E-state index contributed by atoms with van der Waals surface area (Å²) in [7, 11) is 1.54. The Hall–Kier alpha value is -5.31. The van der Waals surface area contributed by atoms with E-state index < -0.39 is 23.3 Å². The van der Waals surface area contributed by atoms with Crippen LogP contribution in [0.1, 0.15) is 34.0 Å². The van der Waals surface area contributed by atoms with Crippen LogP contribution in [0.3, 0.4) is 0 Å². The van der Waals surface area contributed by atoms with Gasteiger partial charge in [0.05, 0.1) is 30.6 Å². The molecule has 3 heterocycles. The second-order valence-electron chi connectivity index (χ2n) is 9.04. The van der Waals surface area contributed by atoms with Crippen molar-refractivity contribution in [2.24, 2.45) is 0 Å². The minimum absolute atomic E-state index is 0.0500. The van der Waals surface area contributed by atoms with Gasteiger partial charge in [-0.15, -0.1) is 0 Å². The fourth-order valence-electron chi connectivity index (χ4n) is 4.85. The Bertz CT molecular complexity index is 1830. The predicted molar refractivity (Wildman–Crippen MR) is 139 cm³/mol. The molecule has 1 atom stereocenters. The fourth-order valence-corrected chi connectivity index (χ4v) is 4.85. The number of phenolic OH excluding ortho intramolecular Hbond substituents is 1. The van der Waals surface area contributed by atoms with Crippen LogP contribution in [0.25, 0.3) is 33.4 Å². The molecule has 2 N–H and O–H groups in total. The van der Waals surface area contributed by atoms with Crippen molar-refractivity contribution in [1.82, 2.24) is 0 Å². The van der Waals surface area contributed by atoms with Crippen molar-refractivity contribution in [2.75, 3.05) is 7.11 Å². The Kier molecular flexibility index (Phi) is 5.68. The second-order valence-corrected chi connectivity index (χ2v) is 9.04. The van der Waals surface area contributed by atoms with Crippen LogP contribution in [0.5, 0.6) is 17.2 Å². The summed E-state index contributed by atoms with van der Waals surface area (Å²) < 4.78 is 22.6. The highest BCUT2D eigenvalue weighted by Crippen LogP contribution is 2.46. The Morgan fingerprint density at radius 1 is 1.00 bits per heavy atom. The number of phenols is 1. The molecule has 9 nitrogen and oxygen atoms in total. The van der Waals surface area contributed by atoms with Gasteiger partial charge in [0.25, 0.3) is 0 Å². The quantitative estimate of drug-likeness (QED) is 0.223. The lowest BCUT2D eigenvalue weighted by Gasteiger charge is -2.24. The van der Waals surface area contributed by atoms with Gasteiger partial charge in [0.1, 0.15) is 46.0 Å². The molecule has 0 bridgehead atoms. The van der Waals surface area contributed by atoms with E-state index in [0.717, 1.165) is 0 Å². The molecule has 0 radical (unpaired) electrons. The Labute approximate surface area is 220 Å². The van der Waals surface area contributed by atoms with Crippen molar-refractivity contribution in [2.45, 2.75) is 12.3 Å². The Morgan fingerprint density at radius 3 is 2.54 bits per heavy atom. The Morgan fingerprint density at radius 2 is 1.79 bits per heavy atom. The van der Waals surface area contributed by atoms with Crippen LogP contribution in [-0.4, -0.2) is 29.3 Å². The maximum absolute atomic E-state index is 13.5. The number of carboxylic acid groups (broad SMARTS) is 1. The van der Waals surface area contributed by atoms with E-state index in [4.69, 9.17) is 18.3 Å². The van der Waals surface area contributed by atoms with E-state index in [1.807, 2.05) is 0 Å². The highest BCUT2D eigenvalue weighted by atomic mass is 16.5. The molecule has 1 aliphatic heterocycles. The first kappa shape index (κ1) is 24.1. The van der Waals surface area contributed by atoms with Crippen LogP contribution in [0.4, 0.5) is 0 Å². The van der Waals surface area contributed by atoms with Gasteiger partial charge in [-0.1, -0.05) is 24.3 Å². The molecule has 6 rings (SSSR count). The predicted octanol–water partition coefficient (Wildman–Crippen LogP) is 5.57. The molecule has 3 aromatic carbocycles. The minimum Gasteiger partial charge on any atom is -0.507 e. The van der Waals surface area contributed by atoms with Gasteiger partial charge >= 0.3 is 11.9 Å². The molecular formula is C30H20O9. The van der Waals surface area contributed by atoms with Crippen LogP contribution < -0.4 is 14.9 Å². The lowest BCUT2D eigenvalue weighted by atomic mass is 9.88. The second kappa shape index (κ2) is 9.21. The van der Waals surface area contributed by atoms with E-state index >= 15 is 0 Å². The molecule has 1 unspecified atom stereocenters. The summed E-state index contributed by atoms with van der Waals surface area (Å²) in [6.45, 7) is 0. The van der Waals surface area contributed by atoms with Crippen molar-refractivity contribution in [3.63, 3.8) is 0 Å². The molecule has 0 spiro atoms. The number of benzene rings is 3. The number of methoxy groups -OCH3 is 1. The average molecular weight is 524 g/mol. The number of hydrogen-bond donors (Lipinski definition) is 2.